The van der Waals surface area contributed by atoms with E-state index >= 15 is 0 Å². The zero-order chi connectivity index (χ0) is 25.5. The van der Waals surface area contributed by atoms with Gasteiger partial charge in [0.2, 0.25) is 0 Å². The minimum Gasteiger partial charge on any atom is -0.372 e. The first-order valence-electron chi connectivity index (χ1n) is 10.6. The van der Waals surface area contributed by atoms with Crippen LogP contribution in [0.5, 0.6) is 0 Å². The highest BCUT2D eigenvalue weighted by atomic mass is 32.2. The Hall–Kier alpha value is -2.12. The number of carbonyl (C=O) groups is 2. The van der Waals surface area contributed by atoms with Crippen LogP contribution in [0.15, 0.2) is 29.2 Å². The van der Waals surface area contributed by atoms with Gasteiger partial charge in [-0.15, -0.1) is 0 Å². The van der Waals surface area contributed by atoms with Crippen molar-refractivity contribution in [3.05, 3.63) is 34.7 Å². The summed E-state index contributed by atoms with van der Waals surface area (Å²) in [4.78, 5) is 27.7. The van der Waals surface area contributed by atoms with Gasteiger partial charge in [0.25, 0.3) is 11.8 Å². The predicted octanol–water partition coefficient (Wildman–Crippen LogP) is 4.26. The number of nitrogens with zero attached hydrogens (tertiary/aromatic N) is 2. The molecular formula is C21H26F3N3O4S3. The van der Waals surface area contributed by atoms with Gasteiger partial charge < -0.3 is 4.90 Å². The Bertz CT molecular complexity index is 1030. The Kier molecular flexibility index (Phi) is 9.95. The molecule has 188 valence electrons. The van der Waals surface area contributed by atoms with E-state index in [1.165, 1.54) is 0 Å². The monoisotopic (exact) mass is 537 g/mol. The molecule has 2 amide bonds. The van der Waals surface area contributed by atoms with Crippen LogP contribution in [-0.2, 0) is 19.6 Å². The van der Waals surface area contributed by atoms with Gasteiger partial charge >= 0.3 is 15.5 Å². The number of sulfonamides is 1. The number of benzene rings is 1. The molecule has 1 N–H and O–H groups in total. The van der Waals surface area contributed by atoms with Crippen LogP contribution >= 0.6 is 24.0 Å². The van der Waals surface area contributed by atoms with Gasteiger partial charge in [-0.2, -0.15) is 21.6 Å². The minimum absolute atomic E-state index is 0.0577. The van der Waals surface area contributed by atoms with E-state index in [0.29, 0.717) is 5.56 Å². The van der Waals surface area contributed by atoms with Gasteiger partial charge in [-0.25, -0.2) is 4.72 Å². The molecule has 13 heteroatoms. The predicted molar refractivity (Wildman–Crippen MR) is 131 cm³/mol. The third-order valence-corrected chi connectivity index (χ3v) is 7.33. The molecule has 0 aliphatic carbocycles. The molecule has 1 fully saturated rings. The van der Waals surface area contributed by atoms with Crippen LogP contribution in [0.4, 0.5) is 18.9 Å². The van der Waals surface area contributed by atoms with Crippen molar-refractivity contribution >= 4 is 61.9 Å². The number of anilines is 1. The summed E-state index contributed by atoms with van der Waals surface area (Å²) in [7, 11) is -5.87. The van der Waals surface area contributed by atoms with Crippen LogP contribution < -0.4 is 9.62 Å². The van der Waals surface area contributed by atoms with Gasteiger partial charge in [0, 0.05) is 18.8 Å². The number of hydrogen-bond acceptors (Lipinski definition) is 7. The lowest BCUT2D eigenvalue weighted by Crippen LogP contribution is -2.45. The lowest BCUT2D eigenvalue weighted by Gasteiger charge is -2.24. The molecule has 1 aromatic carbocycles. The molecule has 0 radical (unpaired) electrons. The molecule has 0 bridgehead atoms. The third-order valence-electron chi connectivity index (χ3n) is 4.85. The molecule has 0 unspecified atom stereocenters. The average Bonchev–Trinajstić information content (AvgIpc) is 3.00. The molecule has 0 saturated carbocycles. The standard InChI is InChI=1S/C21H26F3N3O4S3/c1-3-5-11-26(12-6-4-2)16-9-7-15(8-10-16)13-17-19(29)27(20(32)33-17)14-18(28)25-34(30,31)21(22,23)24/h7-10,13H,3-6,11-12,14H2,1-2H3,(H,25,28). The Morgan fingerprint density at radius 1 is 1.15 bits per heavy atom. The van der Waals surface area contributed by atoms with E-state index in [0.717, 1.165) is 65.8 Å². The fraction of sp³-hybridized carbons (Fsp3) is 0.476. The topological polar surface area (TPSA) is 86.8 Å². The summed E-state index contributed by atoms with van der Waals surface area (Å²) < 4.78 is 60.3. The lowest BCUT2D eigenvalue weighted by atomic mass is 10.1. The van der Waals surface area contributed by atoms with Crippen LogP contribution in [0, 0.1) is 0 Å². The number of carbonyl (C=O) groups excluding carboxylic acids is 2. The Balaban J connectivity index is 2.10. The van der Waals surface area contributed by atoms with Crippen LogP contribution in [0.1, 0.15) is 45.1 Å². The summed E-state index contributed by atoms with van der Waals surface area (Å²) >= 11 is 5.93. The van der Waals surface area contributed by atoms with Crippen LogP contribution in [0.2, 0.25) is 0 Å². The van der Waals surface area contributed by atoms with Crippen LogP contribution in [0.25, 0.3) is 6.08 Å². The minimum atomic E-state index is -5.87. The van der Waals surface area contributed by atoms with E-state index in [9.17, 15) is 31.2 Å². The number of alkyl halides is 3. The largest absolute Gasteiger partial charge is 0.516 e. The van der Waals surface area contributed by atoms with Gasteiger partial charge in [-0.3, -0.25) is 14.5 Å². The van der Waals surface area contributed by atoms with Crippen molar-refractivity contribution in [1.29, 1.82) is 0 Å². The molecule has 7 nitrogen and oxygen atoms in total. The molecular weight excluding hydrogens is 511 g/mol. The molecule has 34 heavy (non-hydrogen) atoms. The van der Waals surface area contributed by atoms with Crippen molar-refractivity contribution in [1.82, 2.24) is 9.62 Å². The van der Waals surface area contributed by atoms with E-state index < -0.39 is 33.9 Å². The van der Waals surface area contributed by atoms with E-state index in [2.05, 4.69) is 18.7 Å². The van der Waals surface area contributed by atoms with Crippen molar-refractivity contribution in [2.45, 2.75) is 45.0 Å². The van der Waals surface area contributed by atoms with E-state index in [-0.39, 0.29) is 9.23 Å². The number of thiocarbonyl (C=S) groups is 1. The molecule has 0 spiro atoms. The first kappa shape index (κ1) is 28.1. The van der Waals surface area contributed by atoms with Gasteiger partial charge in [0.05, 0.1) is 4.91 Å². The Morgan fingerprint density at radius 3 is 2.21 bits per heavy atom. The number of amides is 2. The van der Waals surface area contributed by atoms with E-state index in [4.69, 9.17) is 12.2 Å². The van der Waals surface area contributed by atoms with Crippen molar-refractivity contribution in [3.8, 4) is 0 Å². The summed E-state index contributed by atoms with van der Waals surface area (Å²) in [6.07, 6.45) is 5.89. The fourth-order valence-electron chi connectivity index (χ4n) is 3.02. The molecule has 1 aliphatic heterocycles. The molecule has 0 aromatic heterocycles. The molecule has 1 aromatic rings. The average molecular weight is 538 g/mol. The maximum absolute atomic E-state index is 12.6. The van der Waals surface area contributed by atoms with Gasteiger partial charge in [-0.1, -0.05) is 62.8 Å². The third kappa shape index (κ3) is 7.44. The first-order chi connectivity index (χ1) is 15.9. The zero-order valence-corrected chi connectivity index (χ0v) is 21.2. The summed E-state index contributed by atoms with van der Waals surface area (Å²) in [6.45, 7) is 5.22. The second-order valence-electron chi connectivity index (χ2n) is 7.53. The fourth-order valence-corrected chi connectivity index (χ4v) is 4.76. The number of hydrogen-bond donors (Lipinski definition) is 1. The number of halogens is 3. The van der Waals surface area contributed by atoms with Gasteiger partial charge in [0.15, 0.2) is 0 Å². The van der Waals surface area contributed by atoms with Gasteiger partial charge in [0.1, 0.15) is 10.9 Å². The van der Waals surface area contributed by atoms with E-state index in [1.54, 1.807) is 6.08 Å². The summed E-state index contributed by atoms with van der Waals surface area (Å²) in [5.41, 5.74) is -3.87. The molecule has 1 saturated heterocycles. The van der Waals surface area contributed by atoms with Crippen LogP contribution in [0.3, 0.4) is 0 Å². The number of thioether (sulfide) groups is 1. The second kappa shape index (κ2) is 12.0. The van der Waals surface area contributed by atoms with Crippen molar-refractivity contribution < 1.29 is 31.2 Å². The van der Waals surface area contributed by atoms with Crippen molar-refractivity contribution in [2.75, 3.05) is 24.5 Å². The number of rotatable bonds is 11. The van der Waals surface area contributed by atoms with Crippen molar-refractivity contribution in [2.24, 2.45) is 0 Å². The van der Waals surface area contributed by atoms with E-state index in [1.807, 2.05) is 24.3 Å². The summed E-state index contributed by atoms with van der Waals surface area (Å²) in [5, 5.41) is 0. The molecule has 1 aliphatic rings. The lowest BCUT2D eigenvalue weighted by molar-refractivity contribution is -0.128. The number of unbranched alkanes of at least 4 members (excludes halogenated alkanes) is 2. The summed E-state index contributed by atoms with van der Waals surface area (Å²) in [5.74, 6) is -2.20. The highest BCUT2D eigenvalue weighted by Crippen LogP contribution is 2.33. The van der Waals surface area contributed by atoms with Crippen LogP contribution in [-0.4, -0.2) is 54.6 Å². The Morgan fingerprint density at radius 2 is 1.71 bits per heavy atom. The zero-order valence-electron chi connectivity index (χ0n) is 18.7. The quantitative estimate of drug-likeness (QED) is 0.333. The Labute approximate surface area is 206 Å². The van der Waals surface area contributed by atoms with Gasteiger partial charge in [-0.05, 0) is 36.6 Å². The number of nitrogens with one attached hydrogen (secondary N) is 1. The second-order valence-corrected chi connectivity index (χ2v) is 10.9. The highest BCUT2D eigenvalue weighted by molar-refractivity contribution is 8.26. The van der Waals surface area contributed by atoms with Crippen molar-refractivity contribution in [3.63, 3.8) is 0 Å². The molecule has 1 heterocycles. The highest BCUT2D eigenvalue weighted by Gasteiger charge is 2.47. The normalized spacial score (nSPS) is 15.8. The first-order valence-corrected chi connectivity index (χ1v) is 13.3. The maximum Gasteiger partial charge on any atom is 0.516 e. The summed E-state index contributed by atoms with van der Waals surface area (Å²) in [6, 6.07) is 7.59. The molecule has 0 atom stereocenters. The maximum atomic E-state index is 12.6. The SMILES string of the molecule is CCCCN(CCCC)c1ccc(C=C2SC(=S)N(CC(=O)NS(=O)(=O)C(F)(F)F)C2=O)cc1. The molecule has 2 rings (SSSR count). The smallest absolute Gasteiger partial charge is 0.372 e.